The van der Waals surface area contributed by atoms with Gasteiger partial charge in [0.25, 0.3) is 0 Å². The molecule has 6 nitrogen and oxygen atoms in total. The van der Waals surface area contributed by atoms with Gasteiger partial charge in [0.15, 0.2) is 0 Å². The standard InChI is InChI=1S/C26H27N5O/c1-19-17-30(18-27-19)23-15-14-20(16-24(23)32-2)8-6-12-25-28-29-26-13-7-11-22(31(25)26)21-9-4-3-5-10-21/h3-6,8-10,14-18,22H,7,11-13H2,1-2H3/t22-/m1/s1. The van der Waals surface area contributed by atoms with Gasteiger partial charge in [-0.15, -0.1) is 10.2 Å². The van der Waals surface area contributed by atoms with E-state index in [1.807, 2.05) is 23.8 Å². The largest absolute Gasteiger partial charge is 0.495 e. The molecule has 0 spiro atoms. The molecule has 1 aliphatic heterocycles. The number of methoxy groups -OCH3 is 1. The van der Waals surface area contributed by atoms with E-state index in [0.29, 0.717) is 6.04 Å². The molecule has 0 N–H and O–H groups in total. The van der Waals surface area contributed by atoms with E-state index in [4.69, 9.17) is 4.74 Å². The minimum atomic E-state index is 0.316. The molecular formula is C26H27N5O. The maximum atomic E-state index is 5.63. The predicted octanol–water partition coefficient (Wildman–Crippen LogP) is 4.96. The molecule has 0 saturated heterocycles. The van der Waals surface area contributed by atoms with Gasteiger partial charge in [0.2, 0.25) is 0 Å². The van der Waals surface area contributed by atoms with Crippen LogP contribution in [-0.4, -0.2) is 31.4 Å². The van der Waals surface area contributed by atoms with E-state index in [0.717, 1.165) is 60.0 Å². The molecule has 6 heteroatoms. The van der Waals surface area contributed by atoms with Crippen LogP contribution in [-0.2, 0) is 12.8 Å². The molecule has 3 heterocycles. The summed E-state index contributed by atoms with van der Waals surface area (Å²) >= 11 is 0. The van der Waals surface area contributed by atoms with E-state index in [2.05, 4.69) is 74.4 Å². The Morgan fingerprint density at radius 1 is 1.12 bits per heavy atom. The molecule has 0 amide bonds. The summed E-state index contributed by atoms with van der Waals surface area (Å²) in [5.74, 6) is 2.92. The zero-order valence-electron chi connectivity index (χ0n) is 18.5. The highest BCUT2D eigenvalue weighted by atomic mass is 16.5. The van der Waals surface area contributed by atoms with Crippen LogP contribution >= 0.6 is 0 Å². The first-order valence-electron chi connectivity index (χ1n) is 11.1. The number of ether oxygens (including phenoxy) is 1. The Morgan fingerprint density at radius 2 is 2.00 bits per heavy atom. The molecule has 2 aromatic heterocycles. The second kappa shape index (κ2) is 8.83. The SMILES string of the molecule is COc1cc(C=CCc2nnc3n2[C@@H](c2ccccc2)CCC3)ccc1-n1cnc(C)c1. The number of rotatable bonds is 6. The lowest BCUT2D eigenvalue weighted by molar-refractivity contribution is 0.413. The molecule has 32 heavy (non-hydrogen) atoms. The first-order valence-corrected chi connectivity index (χ1v) is 11.1. The van der Waals surface area contributed by atoms with Gasteiger partial charge in [-0.1, -0.05) is 48.6 Å². The average molecular weight is 426 g/mol. The summed E-state index contributed by atoms with van der Waals surface area (Å²) in [4.78, 5) is 4.31. The maximum Gasteiger partial charge on any atom is 0.143 e. The van der Waals surface area contributed by atoms with Crippen LogP contribution in [0.15, 0.2) is 67.1 Å². The van der Waals surface area contributed by atoms with E-state index in [1.165, 1.54) is 5.56 Å². The van der Waals surface area contributed by atoms with Crippen LogP contribution in [0.2, 0.25) is 0 Å². The van der Waals surface area contributed by atoms with Crippen molar-refractivity contribution in [2.45, 2.75) is 38.6 Å². The monoisotopic (exact) mass is 425 g/mol. The highest BCUT2D eigenvalue weighted by Crippen LogP contribution is 2.31. The van der Waals surface area contributed by atoms with Gasteiger partial charge in [-0.2, -0.15) is 0 Å². The van der Waals surface area contributed by atoms with Crippen LogP contribution in [0, 0.1) is 6.92 Å². The molecule has 0 fully saturated rings. The van der Waals surface area contributed by atoms with Gasteiger partial charge < -0.3 is 13.9 Å². The number of aromatic nitrogens is 5. The van der Waals surface area contributed by atoms with Crippen LogP contribution in [0.25, 0.3) is 11.8 Å². The van der Waals surface area contributed by atoms with Crippen LogP contribution in [0.1, 0.15) is 47.4 Å². The Bertz CT molecular complexity index is 1240. The number of nitrogens with zero attached hydrogens (tertiary/aromatic N) is 5. The number of aryl methyl sites for hydroxylation is 2. The van der Waals surface area contributed by atoms with E-state index >= 15 is 0 Å². The summed E-state index contributed by atoms with van der Waals surface area (Å²) in [5, 5.41) is 9.00. The Hall–Kier alpha value is -3.67. The summed E-state index contributed by atoms with van der Waals surface area (Å²) in [6, 6.07) is 17.2. The molecule has 0 unspecified atom stereocenters. The van der Waals surface area contributed by atoms with Crippen molar-refractivity contribution in [1.29, 1.82) is 0 Å². The number of benzene rings is 2. The van der Waals surface area contributed by atoms with Crippen molar-refractivity contribution in [3.8, 4) is 11.4 Å². The van der Waals surface area contributed by atoms with E-state index in [1.54, 1.807) is 13.4 Å². The van der Waals surface area contributed by atoms with Crippen molar-refractivity contribution < 1.29 is 4.74 Å². The molecule has 5 rings (SSSR count). The molecule has 0 bridgehead atoms. The summed E-state index contributed by atoms with van der Waals surface area (Å²) in [6.45, 7) is 1.98. The number of fused-ring (bicyclic) bond motifs is 1. The molecule has 162 valence electrons. The third-order valence-electron chi connectivity index (χ3n) is 6.02. The minimum Gasteiger partial charge on any atom is -0.495 e. The fourth-order valence-electron chi connectivity index (χ4n) is 4.47. The van der Waals surface area contributed by atoms with Gasteiger partial charge in [-0.3, -0.25) is 0 Å². The number of hydrogen-bond donors (Lipinski definition) is 0. The molecule has 0 aliphatic carbocycles. The normalized spacial score (nSPS) is 15.8. The molecule has 0 radical (unpaired) electrons. The predicted molar refractivity (Wildman–Crippen MR) is 125 cm³/mol. The number of hydrogen-bond acceptors (Lipinski definition) is 4. The third kappa shape index (κ3) is 3.96. The van der Waals surface area contributed by atoms with Crippen molar-refractivity contribution >= 4 is 6.08 Å². The Kier molecular flexibility index (Phi) is 5.58. The lowest BCUT2D eigenvalue weighted by Gasteiger charge is -2.26. The van der Waals surface area contributed by atoms with Crippen molar-refractivity contribution in [3.63, 3.8) is 0 Å². The van der Waals surface area contributed by atoms with Crippen LogP contribution in [0.4, 0.5) is 0 Å². The van der Waals surface area contributed by atoms with Crippen LogP contribution < -0.4 is 4.74 Å². The van der Waals surface area contributed by atoms with Gasteiger partial charge in [0.05, 0.1) is 30.9 Å². The van der Waals surface area contributed by atoms with Crippen LogP contribution in [0.3, 0.4) is 0 Å². The molecule has 4 aromatic rings. The number of allylic oxidation sites excluding steroid dienone is 1. The lowest BCUT2D eigenvalue weighted by atomic mass is 9.97. The third-order valence-corrected chi connectivity index (χ3v) is 6.02. The molecule has 2 aromatic carbocycles. The second-order valence-electron chi connectivity index (χ2n) is 8.18. The summed E-state index contributed by atoms with van der Waals surface area (Å²) in [5.41, 5.74) is 4.36. The molecule has 1 aliphatic rings. The highest BCUT2D eigenvalue weighted by Gasteiger charge is 2.25. The Labute approximate surface area is 188 Å². The van der Waals surface area contributed by atoms with Gasteiger partial charge in [-0.05, 0) is 43.0 Å². The number of imidazole rings is 1. The fraction of sp³-hybridized carbons (Fsp3) is 0.269. The topological polar surface area (TPSA) is 57.8 Å². The molecule has 0 saturated carbocycles. The van der Waals surface area contributed by atoms with E-state index in [-0.39, 0.29) is 0 Å². The lowest BCUT2D eigenvalue weighted by Crippen LogP contribution is -2.21. The van der Waals surface area contributed by atoms with Gasteiger partial charge in [-0.25, -0.2) is 4.98 Å². The first-order chi connectivity index (χ1) is 15.7. The van der Waals surface area contributed by atoms with Crippen LogP contribution in [0.5, 0.6) is 5.75 Å². The van der Waals surface area contributed by atoms with E-state index in [9.17, 15) is 0 Å². The van der Waals surface area contributed by atoms with Gasteiger partial charge in [0, 0.05) is 19.0 Å². The zero-order chi connectivity index (χ0) is 21.9. The van der Waals surface area contributed by atoms with Crippen molar-refractivity contribution in [2.24, 2.45) is 0 Å². The fourth-order valence-corrected chi connectivity index (χ4v) is 4.47. The molecular weight excluding hydrogens is 398 g/mol. The molecule has 1 atom stereocenters. The summed E-state index contributed by atoms with van der Waals surface area (Å²) < 4.78 is 9.95. The van der Waals surface area contributed by atoms with Crippen molar-refractivity contribution in [1.82, 2.24) is 24.3 Å². The van der Waals surface area contributed by atoms with Crippen molar-refractivity contribution in [2.75, 3.05) is 7.11 Å². The quantitative estimate of drug-likeness (QED) is 0.438. The Balaban J connectivity index is 1.37. The highest BCUT2D eigenvalue weighted by molar-refractivity contribution is 5.58. The van der Waals surface area contributed by atoms with Gasteiger partial charge >= 0.3 is 0 Å². The summed E-state index contributed by atoms with van der Waals surface area (Å²) in [6.07, 6.45) is 12.1. The van der Waals surface area contributed by atoms with E-state index < -0.39 is 0 Å². The maximum absolute atomic E-state index is 5.63. The average Bonchev–Trinajstić information content (AvgIpc) is 3.46. The zero-order valence-corrected chi connectivity index (χ0v) is 18.5. The van der Waals surface area contributed by atoms with Gasteiger partial charge in [0.1, 0.15) is 17.4 Å². The summed E-state index contributed by atoms with van der Waals surface area (Å²) in [7, 11) is 1.70. The first kappa shape index (κ1) is 20.2. The smallest absolute Gasteiger partial charge is 0.143 e. The minimum absolute atomic E-state index is 0.316. The Morgan fingerprint density at radius 3 is 2.78 bits per heavy atom. The second-order valence-corrected chi connectivity index (χ2v) is 8.18. The van der Waals surface area contributed by atoms with Crippen molar-refractivity contribution in [3.05, 3.63) is 95.6 Å².